The van der Waals surface area contributed by atoms with Crippen molar-refractivity contribution in [2.75, 3.05) is 19.5 Å². The average molecular weight is 482 g/mol. The van der Waals surface area contributed by atoms with Crippen LogP contribution in [-0.2, 0) is 0 Å². The summed E-state index contributed by atoms with van der Waals surface area (Å²) in [6.07, 6.45) is 0. The third-order valence-corrected chi connectivity index (χ3v) is 5.64. The van der Waals surface area contributed by atoms with E-state index < -0.39 is 6.04 Å². The fourth-order valence-corrected chi connectivity index (χ4v) is 3.96. The van der Waals surface area contributed by atoms with Gasteiger partial charge in [-0.15, -0.1) is 0 Å². The number of hydrogen-bond acceptors (Lipinski definition) is 8. The van der Waals surface area contributed by atoms with E-state index in [0.717, 1.165) is 15.6 Å². The maximum Gasteiger partial charge on any atom is 0.288 e. The van der Waals surface area contributed by atoms with Crippen molar-refractivity contribution >= 4 is 27.6 Å². The number of H-pyrrole nitrogens is 1. The number of aromatic amines is 1. The molecule has 0 radical (unpaired) electrons. The molecule has 0 saturated heterocycles. The van der Waals surface area contributed by atoms with Gasteiger partial charge in [-0.3, -0.25) is 4.79 Å². The number of aromatic nitrogens is 6. The summed E-state index contributed by atoms with van der Waals surface area (Å²) < 4.78 is 13.4. The SMILES string of the molecule is COc1ccc([C@H]2c3c(-c4ccc(Br)cc4)n[nH]c(=O)c3Nc3nnnn32)cc1OC. The van der Waals surface area contributed by atoms with Crippen molar-refractivity contribution in [1.29, 1.82) is 0 Å². The van der Waals surface area contributed by atoms with Crippen LogP contribution in [0.3, 0.4) is 0 Å². The molecule has 2 aromatic carbocycles. The van der Waals surface area contributed by atoms with E-state index in [1.54, 1.807) is 25.0 Å². The number of methoxy groups -OCH3 is 2. The van der Waals surface area contributed by atoms with Crippen molar-refractivity contribution in [3.05, 3.63) is 68.4 Å². The molecule has 2 aromatic heterocycles. The Kier molecular flexibility index (Phi) is 4.66. The number of rotatable bonds is 4. The molecule has 0 unspecified atom stereocenters. The second-order valence-electron chi connectivity index (χ2n) is 6.79. The fourth-order valence-electron chi connectivity index (χ4n) is 3.70. The summed E-state index contributed by atoms with van der Waals surface area (Å²) in [6.45, 7) is 0. The Hall–Kier alpha value is -3.73. The van der Waals surface area contributed by atoms with Gasteiger partial charge in [0.15, 0.2) is 11.5 Å². The maximum absolute atomic E-state index is 12.7. The number of hydrogen-bond donors (Lipinski definition) is 2. The second-order valence-corrected chi connectivity index (χ2v) is 7.70. The molecule has 10 nitrogen and oxygen atoms in total. The largest absolute Gasteiger partial charge is 0.493 e. The number of ether oxygens (including phenoxy) is 2. The Balaban J connectivity index is 1.79. The Labute approximate surface area is 184 Å². The molecule has 1 aliphatic heterocycles. The van der Waals surface area contributed by atoms with E-state index in [4.69, 9.17) is 9.47 Å². The Bertz CT molecular complexity index is 1330. The zero-order valence-electron chi connectivity index (χ0n) is 16.5. The first-order valence-electron chi connectivity index (χ1n) is 9.26. The normalized spacial score (nSPS) is 14.4. The highest BCUT2D eigenvalue weighted by atomic mass is 79.9. The van der Waals surface area contributed by atoms with Gasteiger partial charge in [0.25, 0.3) is 5.56 Å². The molecule has 0 spiro atoms. The molecule has 2 N–H and O–H groups in total. The minimum absolute atomic E-state index is 0.343. The van der Waals surface area contributed by atoms with E-state index in [0.29, 0.717) is 34.4 Å². The highest BCUT2D eigenvalue weighted by molar-refractivity contribution is 9.10. The first kappa shape index (κ1) is 19.2. The molecule has 31 heavy (non-hydrogen) atoms. The van der Waals surface area contributed by atoms with Crippen LogP contribution >= 0.6 is 15.9 Å². The first-order chi connectivity index (χ1) is 15.1. The quantitative estimate of drug-likeness (QED) is 0.402. The van der Waals surface area contributed by atoms with Gasteiger partial charge in [0.1, 0.15) is 11.7 Å². The Morgan fingerprint density at radius 3 is 2.58 bits per heavy atom. The molecule has 5 rings (SSSR count). The maximum atomic E-state index is 12.7. The molecule has 3 heterocycles. The van der Waals surface area contributed by atoms with E-state index >= 15 is 0 Å². The van der Waals surface area contributed by atoms with Crippen molar-refractivity contribution in [2.24, 2.45) is 0 Å². The molecule has 0 saturated carbocycles. The van der Waals surface area contributed by atoms with Gasteiger partial charge < -0.3 is 14.8 Å². The molecule has 0 aliphatic carbocycles. The van der Waals surface area contributed by atoms with Crippen LogP contribution in [0.25, 0.3) is 11.3 Å². The predicted molar refractivity (Wildman–Crippen MR) is 116 cm³/mol. The molecular weight excluding hydrogens is 466 g/mol. The highest BCUT2D eigenvalue weighted by Crippen LogP contribution is 2.43. The van der Waals surface area contributed by atoms with Crippen LogP contribution in [0.4, 0.5) is 11.6 Å². The van der Waals surface area contributed by atoms with Crippen LogP contribution in [0.15, 0.2) is 51.7 Å². The van der Waals surface area contributed by atoms with E-state index in [-0.39, 0.29) is 5.56 Å². The summed E-state index contributed by atoms with van der Waals surface area (Å²) in [6, 6.07) is 12.7. The zero-order chi connectivity index (χ0) is 21.5. The summed E-state index contributed by atoms with van der Waals surface area (Å²) in [4.78, 5) is 12.7. The molecular formula is C20H16BrN7O3. The monoisotopic (exact) mass is 481 g/mol. The smallest absolute Gasteiger partial charge is 0.288 e. The van der Waals surface area contributed by atoms with Crippen LogP contribution in [0.2, 0.25) is 0 Å². The Morgan fingerprint density at radius 1 is 1.06 bits per heavy atom. The van der Waals surface area contributed by atoms with E-state index in [1.807, 2.05) is 36.4 Å². The second kappa shape index (κ2) is 7.51. The molecule has 0 amide bonds. The van der Waals surface area contributed by atoms with Gasteiger partial charge in [-0.05, 0) is 40.3 Å². The minimum atomic E-state index is -0.519. The molecule has 1 atom stereocenters. The predicted octanol–water partition coefficient (Wildman–Crippen LogP) is 2.90. The number of fused-ring (bicyclic) bond motifs is 2. The van der Waals surface area contributed by atoms with Gasteiger partial charge in [0.2, 0.25) is 5.95 Å². The lowest BCUT2D eigenvalue weighted by Gasteiger charge is -2.28. The number of nitrogens with one attached hydrogen (secondary N) is 2. The summed E-state index contributed by atoms with van der Waals surface area (Å²) in [7, 11) is 3.14. The van der Waals surface area contributed by atoms with Gasteiger partial charge in [0, 0.05) is 15.6 Å². The van der Waals surface area contributed by atoms with Gasteiger partial charge in [0.05, 0.1) is 19.9 Å². The van der Waals surface area contributed by atoms with E-state index in [2.05, 4.69) is 47.0 Å². The topological polar surface area (TPSA) is 120 Å². The molecule has 4 aromatic rings. The van der Waals surface area contributed by atoms with Crippen molar-refractivity contribution < 1.29 is 9.47 Å². The molecule has 0 bridgehead atoms. The molecule has 0 fully saturated rings. The van der Waals surface area contributed by atoms with Crippen LogP contribution in [0, 0.1) is 0 Å². The van der Waals surface area contributed by atoms with Crippen LogP contribution in [0.1, 0.15) is 17.2 Å². The van der Waals surface area contributed by atoms with Crippen LogP contribution in [0.5, 0.6) is 11.5 Å². The number of nitrogens with zero attached hydrogens (tertiary/aromatic N) is 5. The number of halogens is 1. The summed E-state index contributed by atoms with van der Waals surface area (Å²) in [5, 5.41) is 22.0. The standard InChI is InChI=1S/C20H16BrN7O3/c1-30-13-8-5-11(9-14(13)31-2)18-15-16(10-3-6-12(21)7-4-10)23-24-19(29)17(15)22-20-25-26-27-28(18)20/h3-9,18H,1-2H3,(H,24,29)(H,22,25,27)/t18-/m0/s1. The summed E-state index contributed by atoms with van der Waals surface area (Å²) >= 11 is 3.45. The minimum Gasteiger partial charge on any atom is -0.493 e. The van der Waals surface area contributed by atoms with Crippen molar-refractivity contribution in [2.45, 2.75) is 6.04 Å². The highest BCUT2D eigenvalue weighted by Gasteiger charge is 2.34. The zero-order valence-corrected chi connectivity index (χ0v) is 18.0. The first-order valence-corrected chi connectivity index (χ1v) is 10.1. The number of tetrazole rings is 1. The third-order valence-electron chi connectivity index (χ3n) is 5.11. The Morgan fingerprint density at radius 2 is 1.84 bits per heavy atom. The third kappa shape index (κ3) is 3.13. The molecule has 1 aliphatic rings. The van der Waals surface area contributed by atoms with Crippen molar-refractivity contribution in [1.82, 2.24) is 30.4 Å². The van der Waals surface area contributed by atoms with E-state index in [1.165, 1.54) is 0 Å². The van der Waals surface area contributed by atoms with Crippen LogP contribution in [-0.4, -0.2) is 44.6 Å². The summed E-state index contributed by atoms with van der Waals surface area (Å²) in [5.74, 6) is 1.50. The van der Waals surface area contributed by atoms with Crippen LogP contribution < -0.4 is 20.3 Å². The lowest BCUT2D eigenvalue weighted by molar-refractivity contribution is 0.354. The van der Waals surface area contributed by atoms with E-state index in [9.17, 15) is 4.79 Å². The summed E-state index contributed by atoms with van der Waals surface area (Å²) in [5.41, 5.74) is 2.87. The lowest BCUT2D eigenvalue weighted by Crippen LogP contribution is -2.29. The van der Waals surface area contributed by atoms with Gasteiger partial charge in [-0.2, -0.15) is 9.78 Å². The molecule has 11 heteroatoms. The fraction of sp³-hybridized carbons (Fsp3) is 0.150. The average Bonchev–Trinajstić information content (AvgIpc) is 3.27. The van der Waals surface area contributed by atoms with Crippen molar-refractivity contribution in [3.8, 4) is 22.8 Å². The van der Waals surface area contributed by atoms with Gasteiger partial charge >= 0.3 is 0 Å². The molecule has 156 valence electrons. The van der Waals surface area contributed by atoms with Gasteiger partial charge in [-0.25, -0.2) is 5.10 Å². The lowest BCUT2D eigenvalue weighted by atomic mass is 9.92. The van der Waals surface area contributed by atoms with Crippen molar-refractivity contribution in [3.63, 3.8) is 0 Å². The number of anilines is 2. The van der Waals surface area contributed by atoms with Gasteiger partial charge in [-0.1, -0.05) is 39.2 Å². The number of benzene rings is 2.